The van der Waals surface area contributed by atoms with Gasteiger partial charge in [-0.25, -0.2) is 0 Å². The molecule has 0 aliphatic carbocycles. The van der Waals surface area contributed by atoms with Crippen LogP contribution in [-0.4, -0.2) is 50.6 Å². The molecule has 0 aromatic carbocycles. The molecule has 0 amide bonds. The van der Waals surface area contributed by atoms with E-state index in [1.165, 1.54) is 19.6 Å². The van der Waals surface area contributed by atoms with Gasteiger partial charge in [-0.2, -0.15) is 0 Å². The van der Waals surface area contributed by atoms with E-state index in [1.807, 2.05) is 0 Å². The highest BCUT2D eigenvalue weighted by molar-refractivity contribution is 4.90. The van der Waals surface area contributed by atoms with Gasteiger partial charge in [0.25, 0.3) is 0 Å². The highest BCUT2D eigenvalue weighted by Gasteiger charge is 2.36. The van der Waals surface area contributed by atoms with Crippen LogP contribution in [0.5, 0.6) is 0 Å². The summed E-state index contributed by atoms with van der Waals surface area (Å²) in [5.41, 5.74) is 0.568. The van der Waals surface area contributed by atoms with Gasteiger partial charge in [-0.3, -0.25) is 0 Å². The molecule has 1 aliphatic heterocycles. The Morgan fingerprint density at radius 3 is 2.20 bits per heavy atom. The second kappa shape index (κ2) is 2.51. The molecular weight excluding hydrogens is 124 g/mol. The Balaban J connectivity index is 2.27. The van der Waals surface area contributed by atoms with Crippen LogP contribution >= 0.6 is 0 Å². The molecule has 1 heterocycles. The molecule has 0 saturated carbocycles. The maximum absolute atomic E-state index is 2.36. The summed E-state index contributed by atoms with van der Waals surface area (Å²) >= 11 is 0. The largest absolute Gasteiger partial charge is 0.309 e. The van der Waals surface area contributed by atoms with Gasteiger partial charge in [0.1, 0.15) is 0 Å². The molecule has 1 aliphatic rings. The van der Waals surface area contributed by atoms with E-state index in [2.05, 4.69) is 37.9 Å². The lowest BCUT2D eigenvalue weighted by Gasteiger charge is -2.47. The van der Waals surface area contributed by atoms with Crippen LogP contribution < -0.4 is 0 Å². The molecule has 0 spiro atoms. The van der Waals surface area contributed by atoms with Crippen molar-refractivity contribution in [1.29, 1.82) is 0 Å². The lowest BCUT2D eigenvalue weighted by atomic mass is 9.82. The smallest absolute Gasteiger partial charge is 0.00571 e. The van der Waals surface area contributed by atoms with Gasteiger partial charge in [0.05, 0.1) is 0 Å². The summed E-state index contributed by atoms with van der Waals surface area (Å²) in [4.78, 5) is 4.64. The Morgan fingerprint density at radius 1 is 1.40 bits per heavy atom. The SMILES string of the molecule is CN(C)CC1(C)CN(C)C1. The number of hydrogen-bond acceptors (Lipinski definition) is 2. The summed E-state index contributed by atoms with van der Waals surface area (Å²) in [5.74, 6) is 0. The summed E-state index contributed by atoms with van der Waals surface area (Å²) in [7, 11) is 6.46. The zero-order valence-corrected chi connectivity index (χ0v) is 7.52. The van der Waals surface area contributed by atoms with Crippen LogP contribution in [0.25, 0.3) is 0 Å². The quantitative estimate of drug-likeness (QED) is 0.554. The standard InChI is InChI=1S/C8H18N2/c1-8(5-9(2)3)6-10(4)7-8/h5-7H2,1-4H3. The minimum atomic E-state index is 0.568. The summed E-state index contributed by atoms with van der Waals surface area (Å²) in [6, 6.07) is 0. The molecule has 1 rings (SSSR count). The van der Waals surface area contributed by atoms with Crippen LogP contribution in [0, 0.1) is 5.41 Å². The molecule has 0 atom stereocenters. The summed E-state index contributed by atoms with van der Waals surface area (Å²) in [5, 5.41) is 0. The minimum absolute atomic E-state index is 0.568. The van der Waals surface area contributed by atoms with Gasteiger partial charge in [0.15, 0.2) is 0 Å². The third-order valence-electron chi connectivity index (χ3n) is 2.00. The maximum Gasteiger partial charge on any atom is 0.00571 e. The molecule has 2 nitrogen and oxygen atoms in total. The van der Waals surface area contributed by atoms with E-state index in [9.17, 15) is 0 Å². The molecule has 1 fully saturated rings. The summed E-state index contributed by atoms with van der Waals surface area (Å²) in [6.07, 6.45) is 0. The zero-order chi connectivity index (χ0) is 7.78. The number of likely N-dealkylation sites (tertiary alicyclic amines) is 1. The first-order valence-electron chi connectivity index (χ1n) is 3.85. The molecule has 1 saturated heterocycles. The van der Waals surface area contributed by atoms with E-state index in [0.717, 1.165) is 0 Å². The molecule has 0 aromatic heterocycles. The molecule has 0 N–H and O–H groups in total. The highest BCUT2D eigenvalue weighted by atomic mass is 15.2. The Morgan fingerprint density at radius 2 is 1.90 bits per heavy atom. The first-order valence-corrected chi connectivity index (χ1v) is 3.85. The van der Waals surface area contributed by atoms with Crippen molar-refractivity contribution in [2.45, 2.75) is 6.92 Å². The summed E-state index contributed by atoms with van der Waals surface area (Å²) in [6.45, 7) is 6.08. The van der Waals surface area contributed by atoms with E-state index in [0.29, 0.717) is 5.41 Å². The third-order valence-corrected chi connectivity index (χ3v) is 2.00. The van der Waals surface area contributed by atoms with Crippen LogP contribution in [0.2, 0.25) is 0 Å². The topological polar surface area (TPSA) is 6.48 Å². The van der Waals surface area contributed by atoms with Gasteiger partial charge >= 0.3 is 0 Å². The molecule has 0 bridgehead atoms. The molecule has 2 heteroatoms. The van der Waals surface area contributed by atoms with Gasteiger partial charge in [0, 0.05) is 25.0 Å². The second-order valence-corrected chi connectivity index (χ2v) is 4.22. The van der Waals surface area contributed by atoms with Crippen molar-refractivity contribution in [1.82, 2.24) is 9.80 Å². The number of nitrogens with zero attached hydrogens (tertiary/aromatic N) is 2. The van der Waals surface area contributed by atoms with Crippen LogP contribution in [0.15, 0.2) is 0 Å². The Labute approximate surface area is 63.8 Å². The number of hydrogen-bond donors (Lipinski definition) is 0. The van der Waals surface area contributed by atoms with Crippen molar-refractivity contribution in [3.05, 3.63) is 0 Å². The van der Waals surface area contributed by atoms with Crippen LogP contribution in [0.3, 0.4) is 0 Å². The van der Waals surface area contributed by atoms with E-state index >= 15 is 0 Å². The van der Waals surface area contributed by atoms with Crippen LogP contribution in [0.4, 0.5) is 0 Å². The lowest BCUT2D eigenvalue weighted by molar-refractivity contribution is 0.0176. The monoisotopic (exact) mass is 142 g/mol. The Bertz CT molecular complexity index is 114. The Hall–Kier alpha value is -0.0800. The van der Waals surface area contributed by atoms with Crippen molar-refractivity contribution >= 4 is 0 Å². The average Bonchev–Trinajstić information content (AvgIpc) is 1.57. The van der Waals surface area contributed by atoms with Crippen molar-refractivity contribution in [3.63, 3.8) is 0 Å². The molecule has 10 heavy (non-hydrogen) atoms. The normalized spacial score (nSPS) is 24.9. The van der Waals surface area contributed by atoms with E-state index < -0.39 is 0 Å². The lowest BCUT2D eigenvalue weighted by Crippen LogP contribution is -2.56. The second-order valence-electron chi connectivity index (χ2n) is 4.22. The zero-order valence-electron chi connectivity index (χ0n) is 7.52. The maximum atomic E-state index is 2.36. The predicted octanol–water partition coefficient (Wildman–Crippen LogP) is 0.500. The van der Waals surface area contributed by atoms with Gasteiger partial charge < -0.3 is 9.80 Å². The van der Waals surface area contributed by atoms with E-state index in [1.54, 1.807) is 0 Å². The summed E-state index contributed by atoms with van der Waals surface area (Å²) < 4.78 is 0. The van der Waals surface area contributed by atoms with Gasteiger partial charge in [-0.15, -0.1) is 0 Å². The van der Waals surface area contributed by atoms with Crippen molar-refractivity contribution in [2.75, 3.05) is 40.8 Å². The Kier molecular flexibility index (Phi) is 2.02. The fourth-order valence-corrected chi connectivity index (χ4v) is 2.12. The molecule has 0 radical (unpaired) electrons. The molecule has 0 aromatic rings. The molecule has 0 unspecified atom stereocenters. The van der Waals surface area contributed by atoms with Crippen LogP contribution in [0.1, 0.15) is 6.92 Å². The van der Waals surface area contributed by atoms with Crippen molar-refractivity contribution in [3.8, 4) is 0 Å². The van der Waals surface area contributed by atoms with Gasteiger partial charge in [-0.1, -0.05) is 6.92 Å². The number of rotatable bonds is 2. The van der Waals surface area contributed by atoms with Crippen molar-refractivity contribution < 1.29 is 0 Å². The predicted molar refractivity (Wildman–Crippen MR) is 44.2 cm³/mol. The highest BCUT2D eigenvalue weighted by Crippen LogP contribution is 2.28. The van der Waals surface area contributed by atoms with Crippen molar-refractivity contribution in [2.24, 2.45) is 5.41 Å². The minimum Gasteiger partial charge on any atom is -0.309 e. The molecule has 60 valence electrons. The first kappa shape index (κ1) is 8.02. The molecular formula is C8H18N2. The third kappa shape index (κ3) is 1.70. The van der Waals surface area contributed by atoms with Crippen LogP contribution in [-0.2, 0) is 0 Å². The van der Waals surface area contributed by atoms with Gasteiger partial charge in [0.2, 0.25) is 0 Å². The van der Waals surface area contributed by atoms with Gasteiger partial charge in [-0.05, 0) is 21.1 Å². The van der Waals surface area contributed by atoms with E-state index in [-0.39, 0.29) is 0 Å². The fraction of sp³-hybridized carbons (Fsp3) is 1.00. The van der Waals surface area contributed by atoms with E-state index in [4.69, 9.17) is 0 Å². The first-order chi connectivity index (χ1) is 4.52. The average molecular weight is 142 g/mol. The fourth-order valence-electron chi connectivity index (χ4n) is 2.12.